The minimum atomic E-state index is 0.457. The van der Waals surface area contributed by atoms with Crippen LogP contribution in [0, 0.1) is 0 Å². The Morgan fingerprint density at radius 1 is 1.39 bits per heavy atom. The number of aromatic nitrogens is 2. The molecule has 4 heteroatoms. The van der Waals surface area contributed by atoms with E-state index in [1.54, 1.807) is 0 Å². The molecular formula is C14H15N3S. The Hall–Kier alpha value is -1.68. The summed E-state index contributed by atoms with van der Waals surface area (Å²) < 4.78 is 2.20. The Kier molecular flexibility index (Phi) is 2.88. The highest BCUT2D eigenvalue weighted by Gasteiger charge is 2.27. The molecule has 1 aromatic heterocycles. The molecule has 1 fully saturated rings. The second kappa shape index (κ2) is 4.53. The molecule has 1 heterocycles. The third-order valence-electron chi connectivity index (χ3n) is 3.31. The Bertz CT molecular complexity index is 584. The average molecular weight is 257 g/mol. The van der Waals surface area contributed by atoms with E-state index in [2.05, 4.69) is 15.6 Å². The van der Waals surface area contributed by atoms with E-state index in [4.69, 9.17) is 18.0 Å². The maximum atomic E-state index is 5.76. The van der Waals surface area contributed by atoms with Crippen LogP contribution in [0.3, 0.4) is 0 Å². The molecule has 3 nitrogen and oxygen atoms in total. The molecule has 0 bridgehead atoms. The lowest BCUT2D eigenvalue weighted by molar-refractivity contribution is 0.726. The van der Waals surface area contributed by atoms with Gasteiger partial charge in [0.25, 0.3) is 0 Å². The monoisotopic (exact) mass is 257 g/mol. The van der Waals surface area contributed by atoms with Gasteiger partial charge in [0.05, 0.1) is 0 Å². The number of benzene rings is 1. The lowest BCUT2D eigenvalue weighted by Gasteiger charge is -2.11. The molecule has 2 N–H and O–H groups in total. The summed E-state index contributed by atoms with van der Waals surface area (Å²) in [5, 5.41) is 0. The summed E-state index contributed by atoms with van der Waals surface area (Å²) in [6.07, 6.45) is 6.42. The highest BCUT2D eigenvalue weighted by Crippen LogP contribution is 2.39. The first kappa shape index (κ1) is 11.4. The van der Waals surface area contributed by atoms with Gasteiger partial charge in [-0.3, -0.25) is 0 Å². The van der Waals surface area contributed by atoms with E-state index < -0.39 is 0 Å². The highest BCUT2D eigenvalue weighted by molar-refractivity contribution is 7.80. The Morgan fingerprint density at radius 2 is 2.17 bits per heavy atom. The van der Waals surface area contributed by atoms with Gasteiger partial charge in [-0.25, -0.2) is 4.98 Å². The minimum absolute atomic E-state index is 0.457. The van der Waals surface area contributed by atoms with Crippen molar-refractivity contribution in [2.75, 3.05) is 0 Å². The summed E-state index contributed by atoms with van der Waals surface area (Å²) >= 11 is 5.09. The van der Waals surface area contributed by atoms with Gasteiger partial charge in [0.1, 0.15) is 10.8 Å². The molecule has 3 rings (SSSR count). The van der Waals surface area contributed by atoms with Crippen molar-refractivity contribution >= 4 is 17.2 Å². The maximum absolute atomic E-state index is 5.76. The van der Waals surface area contributed by atoms with E-state index >= 15 is 0 Å². The summed E-state index contributed by atoms with van der Waals surface area (Å²) in [6.45, 7) is 0.791. The van der Waals surface area contributed by atoms with E-state index in [9.17, 15) is 0 Å². The van der Waals surface area contributed by atoms with Crippen LogP contribution < -0.4 is 5.73 Å². The quantitative estimate of drug-likeness (QED) is 0.856. The summed E-state index contributed by atoms with van der Waals surface area (Å²) in [4.78, 5) is 4.90. The Balaban J connectivity index is 1.92. The van der Waals surface area contributed by atoms with Crippen LogP contribution in [0.4, 0.5) is 0 Å². The van der Waals surface area contributed by atoms with E-state index in [0.717, 1.165) is 17.7 Å². The van der Waals surface area contributed by atoms with Crippen LogP contribution in [-0.4, -0.2) is 14.5 Å². The fraction of sp³-hybridized carbons (Fsp3) is 0.286. The Labute approximate surface area is 112 Å². The predicted molar refractivity (Wildman–Crippen MR) is 75.6 cm³/mol. The molecule has 92 valence electrons. The van der Waals surface area contributed by atoms with Crippen LogP contribution in [-0.2, 0) is 6.54 Å². The SMILES string of the molecule is NC(=S)c1ccccc1Cn1ccnc1C1CC1. The van der Waals surface area contributed by atoms with Crippen molar-refractivity contribution in [2.45, 2.75) is 25.3 Å². The number of rotatable bonds is 4. The van der Waals surface area contributed by atoms with Crippen molar-refractivity contribution in [3.63, 3.8) is 0 Å². The van der Waals surface area contributed by atoms with Crippen molar-refractivity contribution < 1.29 is 0 Å². The number of thiocarbonyl (C=S) groups is 1. The standard InChI is InChI=1S/C14H15N3S/c15-13(18)12-4-2-1-3-11(12)9-17-8-7-16-14(17)10-5-6-10/h1-4,7-8,10H,5-6,9H2,(H2,15,18). The molecule has 1 aromatic carbocycles. The first-order valence-electron chi connectivity index (χ1n) is 6.14. The molecule has 2 aromatic rings. The third-order valence-corrected chi connectivity index (χ3v) is 3.53. The summed E-state index contributed by atoms with van der Waals surface area (Å²) in [5.41, 5.74) is 7.88. The largest absolute Gasteiger partial charge is 0.389 e. The van der Waals surface area contributed by atoms with Crippen LogP contribution in [0.5, 0.6) is 0 Å². The van der Waals surface area contributed by atoms with Crippen molar-refractivity contribution in [3.8, 4) is 0 Å². The fourth-order valence-electron chi connectivity index (χ4n) is 2.24. The summed E-state index contributed by atoms with van der Waals surface area (Å²) in [6, 6.07) is 8.04. The normalized spacial score (nSPS) is 14.7. The fourth-order valence-corrected chi connectivity index (χ4v) is 2.44. The molecule has 1 aliphatic carbocycles. The summed E-state index contributed by atoms with van der Waals surface area (Å²) in [5.74, 6) is 1.84. The van der Waals surface area contributed by atoms with Crippen molar-refractivity contribution in [2.24, 2.45) is 5.73 Å². The Morgan fingerprint density at radius 3 is 2.89 bits per heavy atom. The van der Waals surface area contributed by atoms with E-state index in [-0.39, 0.29) is 0 Å². The van der Waals surface area contributed by atoms with Crippen LogP contribution in [0.25, 0.3) is 0 Å². The molecule has 0 aliphatic heterocycles. The zero-order chi connectivity index (χ0) is 12.5. The van der Waals surface area contributed by atoms with Crippen LogP contribution in [0.15, 0.2) is 36.7 Å². The van der Waals surface area contributed by atoms with Crippen molar-refractivity contribution in [1.29, 1.82) is 0 Å². The van der Waals surface area contributed by atoms with Gasteiger partial charge in [-0.2, -0.15) is 0 Å². The van der Waals surface area contributed by atoms with Crippen molar-refractivity contribution in [1.82, 2.24) is 9.55 Å². The minimum Gasteiger partial charge on any atom is -0.389 e. The number of imidazole rings is 1. The zero-order valence-electron chi connectivity index (χ0n) is 10.0. The highest BCUT2D eigenvalue weighted by atomic mass is 32.1. The van der Waals surface area contributed by atoms with E-state index in [1.807, 2.05) is 30.6 Å². The molecule has 0 spiro atoms. The van der Waals surface area contributed by atoms with Crippen LogP contribution in [0.2, 0.25) is 0 Å². The molecule has 0 atom stereocenters. The zero-order valence-corrected chi connectivity index (χ0v) is 10.9. The van der Waals surface area contributed by atoms with Crippen molar-refractivity contribution in [3.05, 3.63) is 53.6 Å². The van der Waals surface area contributed by atoms with Gasteiger partial charge in [0.15, 0.2) is 0 Å². The van der Waals surface area contributed by atoms with Gasteiger partial charge in [-0.15, -0.1) is 0 Å². The van der Waals surface area contributed by atoms with Gasteiger partial charge in [-0.1, -0.05) is 36.5 Å². The number of nitrogens with zero attached hydrogens (tertiary/aromatic N) is 2. The molecular weight excluding hydrogens is 242 g/mol. The molecule has 0 radical (unpaired) electrons. The number of hydrogen-bond acceptors (Lipinski definition) is 2. The van der Waals surface area contributed by atoms with Gasteiger partial charge < -0.3 is 10.3 Å². The molecule has 1 saturated carbocycles. The third kappa shape index (κ3) is 2.16. The smallest absolute Gasteiger partial charge is 0.112 e. The average Bonchev–Trinajstić information content (AvgIpc) is 3.11. The number of nitrogens with two attached hydrogens (primary N) is 1. The molecule has 1 aliphatic rings. The summed E-state index contributed by atoms with van der Waals surface area (Å²) in [7, 11) is 0. The van der Waals surface area contributed by atoms with Gasteiger partial charge in [0.2, 0.25) is 0 Å². The second-order valence-corrected chi connectivity index (χ2v) is 5.15. The van der Waals surface area contributed by atoms with E-state index in [0.29, 0.717) is 10.9 Å². The van der Waals surface area contributed by atoms with Gasteiger partial charge in [0, 0.05) is 30.4 Å². The number of hydrogen-bond donors (Lipinski definition) is 1. The predicted octanol–water partition coefficient (Wildman–Crippen LogP) is 2.44. The topological polar surface area (TPSA) is 43.8 Å². The van der Waals surface area contributed by atoms with E-state index in [1.165, 1.54) is 18.7 Å². The first-order chi connectivity index (χ1) is 8.75. The first-order valence-corrected chi connectivity index (χ1v) is 6.55. The van der Waals surface area contributed by atoms with Gasteiger partial charge in [-0.05, 0) is 18.4 Å². The molecule has 0 amide bonds. The molecule has 0 unspecified atom stereocenters. The second-order valence-electron chi connectivity index (χ2n) is 4.71. The lowest BCUT2D eigenvalue weighted by atomic mass is 10.1. The van der Waals surface area contributed by atoms with Crippen LogP contribution in [0.1, 0.15) is 35.7 Å². The maximum Gasteiger partial charge on any atom is 0.112 e. The van der Waals surface area contributed by atoms with Crippen LogP contribution >= 0.6 is 12.2 Å². The molecule has 0 saturated heterocycles. The lowest BCUT2D eigenvalue weighted by Crippen LogP contribution is -2.14. The molecule has 18 heavy (non-hydrogen) atoms. The van der Waals surface area contributed by atoms with Gasteiger partial charge >= 0.3 is 0 Å².